The van der Waals surface area contributed by atoms with Gasteiger partial charge >= 0.3 is 0 Å². The van der Waals surface area contributed by atoms with Crippen molar-refractivity contribution in [1.82, 2.24) is 10.3 Å². The van der Waals surface area contributed by atoms with Gasteiger partial charge in [-0.3, -0.25) is 0 Å². The molecule has 3 nitrogen and oxygen atoms in total. The van der Waals surface area contributed by atoms with E-state index >= 15 is 0 Å². The molecular weight excluding hydrogens is 282 g/mol. The number of hydrogen-bond acceptors (Lipinski definition) is 3. The lowest BCUT2D eigenvalue weighted by Gasteiger charge is -2.22. The molecule has 0 aliphatic heterocycles. The van der Waals surface area contributed by atoms with Crippen LogP contribution >= 0.6 is 11.6 Å². The van der Waals surface area contributed by atoms with Crippen molar-refractivity contribution < 1.29 is 0 Å². The zero-order valence-corrected chi connectivity index (χ0v) is 13.8. The summed E-state index contributed by atoms with van der Waals surface area (Å²) in [6, 6.07) is 8.35. The first-order valence-electron chi connectivity index (χ1n) is 7.19. The molecule has 112 valence electrons. The van der Waals surface area contributed by atoms with E-state index in [1.807, 2.05) is 24.2 Å². The summed E-state index contributed by atoms with van der Waals surface area (Å²) < 4.78 is 0. The third-order valence-corrected chi connectivity index (χ3v) is 3.77. The van der Waals surface area contributed by atoms with Crippen LogP contribution in [0, 0.1) is 13.8 Å². The summed E-state index contributed by atoms with van der Waals surface area (Å²) in [5.74, 6) is 0.781. The van der Waals surface area contributed by atoms with Crippen LogP contribution in [0.3, 0.4) is 0 Å². The Morgan fingerprint density at radius 2 is 2.00 bits per heavy atom. The Hall–Kier alpha value is -1.58. The predicted octanol–water partition coefficient (Wildman–Crippen LogP) is 4.23. The zero-order valence-electron chi connectivity index (χ0n) is 13.1. The Morgan fingerprint density at radius 1 is 1.24 bits per heavy atom. The Morgan fingerprint density at radius 3 is 2.62 bits per heavy atom. The molecule has 1 heterocycles. The summed E-state index contributed by atoms with van der Waals surface area (Å²) in [7, 11) is 2.00. The third kappa shape index (κ3) is 3.74. The van der Waals surface area contributed by atoms with Crippen LogP contribution in [-0.4, -0.2) is 18.6 Å². The molecule has 0 aliphatic carbocycles. The van der Waals surface area contributed by atoms with Gasteiger partial charge in [-0.2, -0.15) is 0 Å². The van der Waals surface area contributed by atoms with Gasteiger partial charge in [0.05, 0.1) is 5.02 Å². The molecule has 0 bridgehead atoms. The van der Waals surface area contributed by atoms with E-state index in [-0.39, 0.29) is 0 Å². The number of aryl methyl sites for hydroxylation is 2. The van der Waals surface area contributed by atoms with Crippen LogP contribution in [0.1, 0.15) is 23.6 Å². The minimum Gasteiger partial charge on any atom is -0.328 e. The lowest BCUT2D eigenvalue weighted by atomic mass is 10.1. The number of benzene rings is 1. The van der Waals surface area contributed by atoms with Crippen molar-refractivity contribution in [3.63, 3.8) is 0 Å². The molecule has 0 spiro atoms. The van der Waals surface area contributed by atoms with Gasteiger partial charge in [-0.05, 0) is 43.7 Å². The van der Waals surface area contributed by atoms with Crippen LogP contribution in [0.4, 0.5) is 11.5 Å². The van der Waals surface area contributed by atoms with Gasteiger partial charge in [0, 0.05) is 25.5 Å². The predicted molar refractivity (Wildman–Crippen MR) is 90.6 cm³/mol. The van der Waals surface area contributed by atoms with Crippen LogP contribution in [0.25, 0.3) is 0 Å². The van der Waals surface area contributed by atoms with Gasteiger partial charge in [-0.1, -0.05) is 36.2 Å². The van der Waals surface area contributed by atoms with Crippen molar-refractivity contribution in [2.45, 2.75) is 27.3 Å². The fraction of sp³-hybridized carbons (Fsp3) is 0.353. The van der Waals surface area contributed by atoms with E-state index in [0.717, 1.165) is 30.2 Å². The van der Waals surface area contributed by atoms with Gasteiger partial charge in [0.25, 0.3) is 0 Å². The van der Waals surface area contributed by atoms with Crippen LogP contribution in [0.2, 0.25) is 5.02 Å². The minimum atomic E-state index is 0.674. The average Bonchev–Trinajstić information content (AvgIpc) is 2.44. The molecular formula is C17H22ClN3. The lowest BCUT2D eigenvalue weighted by molar-refractivity contribution is 0.724. The van der Waals surface area contributed by atoms with Crippen LogP contribution in [0.15, 0.2) is 30.5 Å². The second-order valence-corrected chi connectivity index (χ2v) is 5.69. The molecule has 0 radical (unpaired) electrons. The number of nitrogens with one attached hydrogen (secondary N) is 1. The number of pyridine rings is 1. The number of halogens is 1. The Kier molecular flexibility index (Phi) is 5.21. The average molecular weight is 304 g/mol. The number of anilines is 2. The standard InChI is InChI=1S/C17H22ClN3/c1-5-19-10-14-9-15(18)17(20-11-14)21(4)16-7-6-12(2)8-13(16)3/h6-9,11,19H,5,10H2,1-4H3. The van der Waals surface area contributed by atoms with Crippen molar-refractivity contribution in [2.24, 2.45) is 0 Å². The monoisotopic (exact) mass is 303 g/mol. The Balaban J connectivity index is 2.28. The topological polar surface area (TPSA) is 28.2 Å². The lowest BCUT2D eigenvalue weighted by Crippen LogP contribution is -2.15. The Bertz CT molecular complexity index is 625. The molecule has 0 atom stereocenters. The van der Waals surface area contributed by atoms with Crippen molar-refractivity contribution in [3.8, 4) is 0 Å². The van der Waals surface area contributed by atoms with E-state index in [1.54, 1.807) is 0 Å². The number of rotatable bonds is 5. The van der Waals surface area contributed by atoms with Crippen LogP contribution < -0.4 is 10.2 Å². The molecule has 0 aliphatic rings. The minimum absolute atomic E-state index is 0.674. The summed E-state index contributed by atoms with van der Waals surface area (Å²) in [5, 5.41) is 3.95. The van der Waals surface area contributed by atoms with Gasteiger partial charge in [0.1, 0.15) is 0 Å². The molecule has 0 saturated heterocycles. The maximum Gasteiger partial charge on any atom is 0.151 e. The van der Waals surface area contributed by atoms with Crippen molar-refractivity contribution >= 4 is 23.1 Å². The highest BCUT2D eigenvalue weighted by Crippen LogP contribution is 2.31. The molecule has 2 rings (SSSR count). The first kappa shape index (κ1) is 15.8. The normalized spacial score (nSPS) is 10.7. The fourth-order valence-electron chi connectivity index (χ4n) is 2.38. The molecule has 4 heteroatoms. The molecule has 0 unspecified atom stereocenters. The highest BCUT2D eigenvalue weighted by Gasteiger charge is 2.12. The quantitative estimate of drug-likeness (QED) is 0.896. The van der Waals surface area contributed by atoms with E-state index in [1.165, 1.54) is 11.1 Å². The maximum atomic E-state index is 6.40. The summed E-state index contributed by atoms with van der Waals surface area (Å²) in [6.45, 7) is 8.00. The van der Waals surface area contributed by atoms with Gasteiger partial charge in [-0.25, -0.2) is 4.98 Å². The van der Waals surface area contributed by atoms with Crippen molar-refractivity contribution in [1.29, 1.82) is 0 Å². The van der Waals surface area contributed by atoms with Gasteiger partial charge in [0.2, 0.25) is 0 Å². The Labute approximate surface area is 132 Å². The SMILES string of the molecule is CCNCc1cnc(N(C)c2ccc(C)cc2C)c(Cl)c1. The molecule has 0 fully saturated rings. The first-order valence-corrected chi connectivity index (χ1v) is 7.57. The van der Waals surface area contributed by atoms with E-state index in [9.17, 15) is 0 Å². The summed E-state index contributed by atoms with van der Waals surface area (Å²) in [6.07, 6.45) is 1.88. The number of hydrogen-bond donors (Lipinski definition) is 1. The van der Waals surface area contributed by atoms with Crippen LogP contribution in [0.5, 0.6) is 0 Å². The van der Waals surface area contributed by atoms with Gasteiger partial charge in [-0.15, -0.1) is 0 Å². The van der Waals surface area contributed by atoms with Crippen molar-refractivity contribution in [3.05, 3.63) is 52.2 Å². The van der Waals surface area contributed by atoms with E-state index in [2.05, 4.69) is 49.3 Å². The van der Waals surface area contributed by atoms with E-state index in [4.69, 9.17) is 11.6 Å². The molecule has 21 heavy (non-hydrogen) atoms. The third-order valence-electron chi connectivity index (χ3n) is 3.49. The number of nitrogens with zero attached hydrogens (tertiary/aromatic N) is 2. The van der Waals surface area contributed by atoms with Gasteiger partial charge in [0.15, 0.2) is 5.82 Å². The highest BCUT2D eigenvalue weighted by atomic mass is 35.5. The highest BCUT2D eigenvalue weighted by molar-refractivity contribution is 6.33. The first-order chi connectivity index (χ1) is 10.0. The maximum absolute atomic E-state index is 6.40. The molecule has 1 N–H and O–H groups in total. The molecule has 1 aromatic carbocycles. The zero-order chi connectivity index (χ0) is 15.4. The van der Waals surface area contributed by atoms with E-state index < -0.39 is 0 Å². The van der Waals surface area contributed by atoms with E-state index in [0.29, 0.717) is 5.02 Å². The van der Waals surface area contributed by atoms with Crippen molar-refractivity contribution in [2.75, 3.05) is 18.5 Å². The second-order valence-electron chi connectivity index (χ2n) is 5.28. The molecule has 2 aromatic rings. The summed E-state index contributed by atoms with van der Waals surface area (Å²) in [5.41, 5.74) is 4.69. The second kappa shape index (κ2) is 6.92. The largest absolute Gasteiger partial charge is 0.328 e. The summed E-state index contributed by atoms with van der Waals surface area (Å²) in [4.78, 5) is 6.56. The molecule has 1 aromatic heterocycles. The molecule has 0 amide bonds. The fourth-order valence-corrected chi connectivity index (χ4v) is 2.69. The smallest absolute Gasteiger partial charge is 0.151 e. The van der Waals surface area contributed by atoms with Gasteiger partial charge < -0.3 is 10.2 Å². The number of aromatic nitrogens is 1. The molecule has 0 saturated carbocycles. The summed E-state index contributed by atoms with van der Waals surface area (Å²) >= 11 is 6.40. The van der Waals surface area contributed by atoms with Crippen LogP contribution in [-0.2, 0) is 6.54 Å².